The van der Waals surface area contributed by atoms with Crippen molar-refractivity contribution < 1.29 is 14.3 Å². The lowest BCUT2D eigenvalue weighted by atomic mass is 10.2. The number of rotatable bonds is 4. The second-order valence-corrected chi connectivity index (χ2v) is 4.94. The third kappa shape index (κ3) is 4.49. The number of hydrogen-bond acceptors (Lipinski definition) is 3. The van der Waals surface area contributed by atoms with Gasteiger partial charge in [0.15, 0.2) is 0 Å². The van der Waals surface area contributed by atoms with Gasteiger partial charge in [0.05, 0.1) is 7.11 Å². The van der Waals surface area contributed by atoms with Crippen LogP contribution in [0.4, 0.5) is 5.69 Å². The van der Waals surface area contributed by atoms with Crippen molar-refractivity contribution in [3.63, 3.8) is 0 Å². The van der Waals surface area contributed by atoms with E-state index in [0.717, 1.165) is 5.56 Å². The van der Waals surface area contributed by atoms with E-state index in [2.05, 4.69) is 10.6 Å². The molecule has 2 aromatic rings. The summed E-state index contributed by atoms with van der Waals surface area (Å²) >= 11 is 5.81. The average molecular weight is 319 g/mol. The Hall–Kier alpha value is -2.53. The van der Waals surface area contributed by atoms with Crippen LogP contribution in [-0.2, 0) is 16.1 Å². The Balaban J connectivity index is 1.90. The molecule has 2 N–H and O–H groups in total. The van der Waals surface area contributed by atoms with E-state index in [-0.39, 0.29) is 6.54 Å². The maximum Gasteiger partial charge on any atom is 0.313 e. The molecule has 0 unspecified atom stereocenters. The van der Waals surface area contributed by atoms with E-state index in [4.69, 9.17) is 16.3 Å². The molecule has 0 fully saturated rings. The van der Waals surface area contributed by atoms with Crippen molar-refractivity contribution in [3.8, 4) is 5.75 Å². The zero-order valence-corrected chi connectivity index (χ0v) is 12.7. The second-order valence-electron chi connectivity index (χ2n) is 4.50. The Morgan fingerprint density at radius 1 is 1.09 bits per heavy atom. The summed E-state index contributed by atoms with van der Waals surface area (Å²) in [7, 11) is 1.57. The first-order valence-corrected chi connectivity index (χ1v) is 6.94. The Morgan fingerprint density at radius 2 is 1.86 bits per heavy atom. The molecule has 0 aliphatic heterocycles. The highest BCUT2D eigenvalue weighted by atomic mass is 35.5. The molecule has 0 aliphatic rings. The molecular formula is C16H15ClN2O3. The molecule has 0 aromatic heterocycles. The summed E-state index contributed by atoms with van der Waals surface area (Å²) in [5.74, 6) is -0.775. The van der Waals surface area contributed by atoms with Crippen molar-refractivity contribution in [2.45, 2.75) is 6.54 Å². The second kappa shape index (κ2) is 7.47. The third-order valence-corrected chi connectivity index (χ3v) is 3.11. The molecule has 0 saturated carbocycles. The number of benzene rings is 2. The van der Waals surface area contributed by atoms with E-state index in [1.165, 1.54) is 0 Å². The lowest BCUT2D eigenvalue weighted by Crippen LogP contribution is -2.34. The number of halogens is 1. The van der Waals surface area contributed by atoms with Gasteiger partial charge in [0.1, 0.15) is 5.75 Å². The topological polar surface area (TPSA) is 67.4 Å². The molecule has 2 rings (SSSR count). The molecule has 6 heteroatoms. The monoisotopic (exact) mass is 318 g/mol. The molecule has 2 amide bonds. The van der Waals surface area contributed by atoms with Crippen molar-refractivity contribution in [1.29, 1.82) is 0 Å². The van der Waals surface area contributed by atoms with E-state index >= 15 is 0 Å². The molecule has 0 heterocycles. The smallest absolute Gasteiger partial charge is 0.313 e. The normalized spacial score (nSPS) is 9.91. The largest absolute Gasteiger partial charge is 0.497 e. The number of hydrogen-bond donors (Lipinski definition) is 2. The molecule has 5 nitrogen and oxygen atoms in total. The summed E-state index contributed by atoms with van der Waals surface area (Å²) in [6.07, 6.45) is 0. The standard InChI is InChI=1S/C16H15ClN2O3/c1-22-14-7-2-4-11(8-14)10-18-15(20)16(21)19-13-6-3-5-12(17)9-13/h2-9H,10H2,1H3,(H,18,20)(H,19,21). The number of carbonyl (C=O) groups is 2. The maximum absolute atomic E-state index is 11.8. The van der Waals surface area contributed by atoms with Gasteiger partial charge in [-0.3, -0.25) is 9.59 Å². The first-order chi connectivity index (χ1) is 10.6. The van der Waals surface area contributed by atoms with Crippen molar-refractivity contribution in [3.05, 3.63) is 59.1 Å². The summed E-state index contributed by atoms with van der Waals surface area (Å²) in [5.41, 5.74) is 1.30. The van der Waals surface area contributed by atoms with Crippen LogP contribution in [0.2, 0.25) is 5.02 Å². The average Bonchev–Trinajstić information content (AvgIpc) is 2.52. The van der Waals surface area contributed by atoms with Gasteiger partial charge in [-0.2, -0.15) is 0 Å². The summed E-state index contributed by atoms with van der Waals surface area (Å²) in [4.78, 5) is 23.5. The minimum atomic E-state index is -0.745. The van der Waals surface area contributed by atoms with Gasteiger partial charge in [-0.25, -0.2) is 0 Å². The van der Waals surface area contributed by atoms with Crippen LogP contribution < -0.4 is 15.4 Å². The zero-order valence-electron chi connectivity index (χ0n) is 11.9. The van der Waals surface area contributed by atoms with Gasteiger partial charge in [-0.15, -0.1) is 0 Å². The lowest BCUT2D eigenvalue weighted by molar-refractivity contribution is -0.136. The predicted octanol–water partition coefficient (Wildman–Crippen LogP) is 2.60. The van der Waals surface area contributed by atoms with Gasteiger partial charge in [0.2, 0.25) is 0 Å². The molecule has 114 valence electrons. The quantitative estimate of drug-likeness (QED) is 0.852. The van der Waals surface area contributed by atoms with Crippen LogP contribution in [0.5, 0.6) is 5.75 Å². The first kappa shape index (κ1) is 15.9. The molecule has 0 atom stereocenters. The highest BCUT2D eigenvalue weighted by Gasteiger charge is 2.13. The SMILES string of the molecule is COc1cccc(CNC(=O)C(=O)Nc2cccc(Cl)c2)c1. The van der Waals surface area contributed by atoms with Crippen LogP contribution in [0.3, 0.4) is 0 Å². The fourth-order valence-electron chi connectivity index (χ4n) is 1.80. The summed E-state index contributed by atoms with van der Waals surface area (Å²) < 4.78 is 5.09. The van der Waals surface area contributed by atoms with Crippen LogP contribution in [0.25, 0.3) is 0 Å². The number of nitrogens with one attached hydrogen (secondary N) is 2. The number of carbonyl (C=O) groups excluding carboxylic acids is 2. The predicted molar refractivity (Wildman–Crippen MR) is 84.9 cm³/mol. The fourth-order valence-corrected chi connectivity index (χ4v) is 1.99. The van der Waals surface area contributed by atoms with E-state index in [0.29, 0.717) is 16.5 Å². The van der Waals surface area contributed by atoms with Crippen molar-refractivity contribution in [1.82, 2.24) is 5.32 Å². The third-order valence-electron chi connectivity index (χ3n) is 2.88. The van der Waals surface area contributed by atoms with Gasteiger partial charge in [-0.1, -0.05) is 29.8 Å². The van der Waals surface area contributed by atoms with E-state index in [9.17, 15) is 9.59 Å². The number of anilines is 1. The van der Waals surface area contributed by atoms with Crippen molar-refractivity contribution in [2.75, 3.05) is 12.4 Å². The molecular weight excluding hydrogens is 304 g/mol. The minimum Gasteiger partial charge on any atom is -0.497 e. The highest BCUT2D eigenvalue weighted by molar-refractivity contribution is 6.39. The molecule has 0 aliphatic carbocycles. The lowest BCUT2D eigenvalue weighted by Gasteiger charge is -2.08. The van der Waals surface area contributed by atoms with Gasteiger partial charge in [0.25, 0.3) is 0 Å². The van der Waals surface area contributed by atoms with Gasteiger partial charge >= 0.3 is 11.8 Å². The summed E-state index contributed by atoms with van der Waals surface area (Å²) in [6, 6.07) is 13.8. The molecule has 2 aromatic carbocycles. The van der Waals surface area contributed by atoms with Gasteiger partial charge in [0, 0.05) is 17.3 Å². The van der Waals surface area contributed by atoms with Crippen LogP contribution in [0.15, 0.2) is 48.5 Å². The van der Waals surface area contributed by atoms with Crippen molar-refractivity contribution in [2.24, 2.45) is 0 Å². The first-order valence-electron chi connectivity index (χ1n) is 6.56. The Labute approximate surface area is 133 Å². The van der Waals surface area contributed by atoms with Gasteiger partial charge < -0.3 is 15.4 Å². The Bertz CT molecular complexity index is 689. The fraction of sp³-hybridized carbons (Fsp3) is 0.125. The highest BCUT2D eigenvalue weighted by Crippen LogP contribution is 2.15. The van der Waals surface area contributed by atoms with Crippen LogP contribution in [-0.4, -0.2) is 18.9 Å². The molecule has 22 heavy (non-hydrogen) atoms. The summed E-state index contributed by atoms with van der Waals surface area (Å²) in [6.45, 7) is 0.235. The van der Waals surface area contributed by atoms with Gasteiger partial charge in [-0.05, 0) is 35.9 Å². The van der Waals surface area contributed by atoms with Crippen LogP contribution >= 0.6 is 11.6 Å². The number of methoxy groups -OCH3 is 1. The zero-order chi connectivity index (χ0) is 15.9. The van der Waals surface area contributed by atoms with E-state index < -0.39 is 11.8 Å². The summed E-state index contributed by atoms with van der Waals surface area (Å²) in [5, 5.41) is 5.51. The maximum atomic E-state index is 11.8. The Morgan fingerprint density at radius 3 is 2.59 bits per heavy atom. The van der Waals surface area contributed by atoms with Crippen LogP contribution in [0.1, 0.15) is 5.56 Å². The van der Waals surface area contributed by atoms with Crippen molar-refractivity contribution >= 4 is 29.1 Å². The molecule has 0 saturated heterocycles. The molecule has 0 bridgehead atoms. The number of amides is 2. The van der Waals surface area contributed by atoms with E-state index in [1.807, 2.05) is 12.1 Å². The molecule has 0 radical (unpaired) electrons. The molecule has 0 spiro atoms. The minimum absolute atomic E-state index is 0.235. The van der Waals surface area contributed by atoms with E-state index in [1.54, 1.807) is 43.5 Å². The van der Waals surface area contributed by atoms with Crippen LogP contribution in [0, 0.1) is 0 Å². The Kier molecular flexibility index (Phi) is 5.38. The number of ether oxygens (including phenoxy) is 1.